The molecule has 0 aromatic heterocycles. The highest BCUT2D eigenvalue weighted by molar-refractivity contribution is 7.99. The largest absolute Gasteiger partial charge is 0.478 e. The Morgan fingerprint density at radius 2 is 1.56 bits per heavy atom. The number of aliphatic hydroxyl groups is 1. The number of aromatic carboxylic acids is 1. The number of carboxylic acids is 1. The Morgan fingerprint density at radius 3 is 2.23 bits per heavy atom. The van der Waals surface area contributed by atoms with Crippen molar-refractivity contribution in [2.45, 2.75) is 42.8 Å². The molecule has 43 heavy (non-hydrogen) atoms. The second-order valence-corrected chi connectivity index (χ2v) is 11.2. The predicted octanol–water partition coefficient (Wildman–Crippen LogP) is 6.75. The summed E-state index contributed by atoms with van der Waals surface area (Å²) in [6, 6.07) is 31.8. The zero-order valence-corrected chi connectivity index (χ0v) is 24.5. The van der Waals surface area contributed by atoms with Gasteiger partial charge < -0.3 is 30.3 Å². The fourth-order valence-corrected chi connectivity index (χ4v) is 6.09. The smallest absolute Gasteiger partial charge is 0.335 e. The van der Waals surface area contributed by atoms with E-state index < -0.39 is 12.3 Å². The SMILES string of the molecule is CCNC(=O)Nc1cccc(C2OC(CSc3ccc(C(=O)O)cc3)C(c3ccccc3)C(c3ccc(CO)cc3)O2)c1. The molecule has 4 unspecified atom stereocenters. The van der Waals surface area contributed by atoms with Crippen molar-refractivity contribution in [3.05, 3.63) is 131 Å². The van der Waals surface area contributed by atoms with E-state index >= 15 is 0 Å². The monoisotopic (exact) mass is 598 g/mol. The maximum absolute atomic E-state index is 12.2. The standard InChI is InChI=1S/C34H34N2O6S/c1-2-35-34(40)36-27-10-6-9-26(19-27)33-41-29(21-43-28-17-15-25(16-18-28)32(38)39)30(23-7-4-3-5-8-23)31(42-33)24-13-11-22(20-37)12-14-24/h3-19,29-31,33,37H,2,20-21H2,1H3,(H,38,39)(H2,35,36,40). The van der Waals surface area contributed by atoms with Crippen molar-refractivity contribution in [2.24, 2.45) is 0 Å². The van der Waals surface area contributed by atoms with Gasteiger partial charge in [0.2, 0.25) is 0 Å². The van der Waals surface area contributed by atoms with Crippen LogP contribution in [0.3, 0.4) is 0 Å². The minimum Gasteiger partial charge on any atom is -0.478 e. The summed E-state index contributed by atoms with van der Waals surface area (Å²) in [6.45, 7) is 2.32. The molecular formula is C34H34N2O6S. The Hall–Kier alpha value is -4.15. The number of anilines is 1. The highest BCUT2D eigenvalue weighted by Gasteiger charge is 2.42. The summed E-state index contributed by atoms with van der Waals surface area (Å²) in [5.74, 6) is -0.552. The van der Waals surface area contributed by atoms with Crippen LogP contribution < -0.4 is 10.6 Å². The van der Waals surface area contributed by atoms with E-state index in [2.05, 4.69) is 22.8 Å². The van der Waals surface area contributed by atoms with Crippen molar-refractivity contribution in [3.8, 4) is 0 Å². The number of rotatable bonds is 10. The first kappa shape index (κ1) is 30.3. The third-order valence-electron chi connectivity index (χ3n) is 7.24. The fraction of sp³-hybridized carbons (Fsp3) is 0.235. The minimum atomic E-state index is -0.963. The molecule has 1 saturated heterocycles. The number of urea groups is 1. The van der Waals surface area contributed by atoms with Gasteiger partial charge in [-0.1, -0.05) is 66.7 Å². The molecule has 0 saturated carbocycles. The average Bonchev–Trinajstić information content (AvgIpc) is 3.04. The molecule has 1 aliphatic rings. The predicted molar refractivity (Wildman–Crippen MR) is 166 cm³/mol. The van der Waals surface area contributed by atoms with Gasteiger partial charge in [0, 0.05) is 34.4 Å². The Balaban J connectivity index is 1.50. The number of benzene rings is 4. The van der Waals surface area contributed by atoms with Crippen LogP contribution in [0.2, 0.25) is 0 Å². The molecule has 4 aromatic carbocycles. The van der Waals surface area contributed by atoms with Crippen molar-refractivity contribution in [1.82, 2.24) is 5.32 Å². The van der Waals surface area contributed by atoms with Crippen LogP contribution in [0, 0.1) is 0 Å². The maximum atomic E-state index is 12.2. The van der Waals surface area contributed by atoms with Gasteiger partial charge in [0.15, 0.2) is 6.29 Å². The van der Waals surface area contributed by atoms with Gasteiger partial charge in [0.05, 0.1) is 24.4 Å². The van der Waals surface area contributed by atoms with Gasteiger partial charge in [0.1, 0.15) is 0 Å². The van der Waals surface area contributed by atoms with Gasteiger partial charge >= 0.3 is 12.0 Å². The number of carboxylic acid groups (broad SMARTS) is 1. The number of amides is 2. The molecule has 1 heterocycles. The van der Waals surface area contributed by atoms with Gasteiger partial charge in [-0.3, -0.25) is 0 Å². The molecule has 9 heteroatoms. The third kappa shape index (κ3) is 7.63. The number of thioether (sulfide) groups is 1. The number of ether oxygens (including phenoxy) is 2. The molecule has 4 aromatic rings. The lowest BCUT2D eigenvalue weighted by Gasteiger charge is -2.43. The molecule has 1 aliphatic heterocycles. The van der Waals surface area contributed by atoms with E-state index in [0.29, 0.717) is 18.0 Å². The zero-order chi connectivity index (χ0) is 30.2. The van der Waals surface area contributed by atoms with E-state index in [-0.39, 0.29) is 36.3 Å². The minimum absolute atomic E-state index is 0.0506. The highest BCUT2D eigenvalue weighted by Crippen LogP contribution is 2.48. The van der Waals surface area contributed by atoms with Gasteiger partial charge in [-0.2, -0.15) is 0 Å². The maximum Gasteiger partial charge on any atom is 0.335 e. The van der Waals surface area contributed by atoms with Crippen LogP contribution in [0.5, 0.6) is 0 Å². The highest BCUT2D eigenvalue weighted by atomic mass is 32.2. The number of carbonyl (C=O) groups is 2. The molecule has 0 radical (unpaired) electrons. The lowest BCUT2D eigenvalue weighted by atomic mass is 9.84. The van der Waals surface area contributed by atoms with Crippen LogP contribution >= 0.6 is 11.8 Å². The summed E-state index contributed by atoms with van der Waals surface area (Å²) < 4.78 is 13.5. The van der Waals surface area contributed by atoms with E-state index in [0.717, 1.165) is 27.1 Å². The Labute approximate surface area is 255 Å². The lowest BCUT2D eigenvalue weighted by Crippen LogP contribution is -2.38. The molecule has 4 N–H and O–H groups in total. The molecule has 222 valence electrons. The topological polar surface area (TPSA) is 117 Å². The molecule has 0 spiro atoms. The number of hydrogen-bond donors (Lipinski definition) is 4. The van der Waals surface area contributed by atoms with Crippen molar-refractivity contribution in [1.29, 1.82) is 0 Å². The summed E-state index contributed by atoms with van der Waals surface area (Å²) in [4.78, 5) is 24.4. The van der Waals surface area contributed by atoms with Crippen LogP contribution in [0.25, 0.3) is 0 Å². The lowest BCUT2D eigenvalue weighted by molar-refractivity contribution is -0.255. The van der Waals surface area contributed by atoms with Gasteiger partial charge in [-0.25, -0.2) is 9.59 Å². The summed E-state index contributed by atoms with van der Waals surface area (Å²) in [5, 5.41) is 24.5. The van der Waals surface area contributed by atoms with E-state index in [1.807, 2.05) is 85.8 Å². The van der Waals surface area contributed by atoms with E-state index in [1.165, 1.54) is 0 Å². The number of hydrogen-bond acceptors (Lipinski definition) is 6. The molecule has 1 fully saturated rings. The van der Waals surface area contributed by atoms with Crippen LogP contribution in [0.1, 0.15) is 57.8 Å². The zero-order valence-electron chi connectivity index (χ0n) is 23.7. The van der Waals surface area contributed by atoms with E-state index in [9.17, 15) is 19.8 Å². The Bertz CT molecular complexity index is 1510. The van der Waals surface area contributed by atoms with E-state index in [1.54, 1.807) is 23.9 Å². The van der Waals surface area contributed by atoms with Crippen LogP contribution in [0.15, 0.2) is 108 Å². The quantitative estimate of drug-likeness (QED) is 0.149. The fourth-order valence-electron chi connectivity index (χ4n) is 5.12. The summed E-state index contributed by atoms with van der Waals surface area (Å²) in [6.07, 6.45) is -1.40. The van der Waals surface area contributed by atoms with Gasteiger partial charge in [0.25, 0.3) is 0 Å². The number of nitrogens with one attached hydrogen (secondary N) is 2. The first-order valence-electron chi connectivity index (χ1n) is 14.1. The molecule has 5 rings (SSSR count). The van der Waals surface area contributed by atoms with Crippen LogP contribution in [-0.2, 0) is 16.1 Å². The molecule has 2 amide bonds. The molecular weight excluding hydrogens is 564 g/mol. The second-order valence-electron chi connectivity index (χ2n) is 10.1. The van der Waals surface area contributed by atoms with Gasteiger partial charge in [-0.05, 0) is 60.0 Å². The first-order valence-corrected chi connectivity index (χ1v) is 15.1. The van der Waals surface area contributed by atoms with Crippen molar-refractivity contribution in [3.63, 3.8) is 0 Å². The molecule has 8 nitrogen and oxygen atoms in total. The Kier molecular flexibility index (Phi) is 10.1. The van der Waals surface area contributed by atoms with Crippen molar-refractivity contribution in [2.75, 3.05) is 17.6 Å². The number of carbonyl (C=O) groups excluding carboxylic acids is 1. The molecule has 0 bridgehead atoms. The second kappa shape index (κ2) is 14.3. The normalized spacial score (nSPS) is 19.9. The van der Waals surface area contributed by atoms with Crippen molar-refractivity contribution >= 4 is 29.4 Å². The van der Waals surface area contributed by atoms with Crippen LogP contribution in [0.4, 0.5) is 10.5 Å². The summed E-state index contributed by atoms with van der Waals surface area (Å²) in [5.41, 5.74) is 4.45. The van der Waals surface area contributed by atoms with Gasteiger partial charge in [-0.15, -0.1) is 11.8 Å². The Morgan fingerprint density at radius 1 is 0.837 bits per heavy atom. The van der Waals surface area contributed by atoms with E-state index in [4.69, 9.17) is 9.47 Å². The van der Waals surface area contributed by atoms with Crippen LogP contribution in [-0.4, -0.2) is 40.6 Å². The molecule has 4 atom stereocenters. The first-order chi connectivity index (χ1) is 20.9. The molecule has 0 aliphatic carbocycles. The average molecular weight is 599 g/mol. The summed E-state index contributed by atoms with van der Waals surface area (Å²) in [7, 11) is 0. The number of aliphatic hydroxyl groups excluding tert-OH is 1. The third-order valence-corrected chi connectivity index (χ3v) is 8.34. The summed E-state index contributed by atoms with van der Waals surface area (Å²) >= 11 is 1.59. The van der Waals surface area contributed by atoms with Crippen molar-refractivity contribution < 1.29 is 29.3 Å².